The summed E-state index contributed by atoms with van der Waals surface area (Å²) >= 11 is 0. The monoisotopic (exact) mass is 252 g/mol. The molecule has 0 bridgehead atoms. The summed E-state index contributed by atoms with van der Waals surface area (Å²) in [5.74, 6) is 2.85. The van der Waals surface area contributed by atoms with Crippen LogP contribution in [0.2, 0.25) is 0 Å². The average Bonchev–Trinajstić information content (AvgIpc) is 2.39. The molecule has 1 saturated heterocycles. The van der Waals surface area contributed by atoms with E-state index in [9.17, 15) is 0 Å². The predicted molar refractivity (Wildman–Crippen MR) is 76.3 cm³/mol. The van der Waals surface area contributed by atoms with Crippen LogP contribution < -0.4 is 11.1 Å². The highest BCUT2D eigenvalue weighted by atomic mass is 16.5. The Morgan fingerprint density at radius 1 is 1.50 bits per heavy atom. The SMILES string of the molecule is C#CC(CCC)NC1(CN)CCOC(CCC)C1. The number of hydrogen-bond donors (Lipinski definition) is 2. The lowest BCUT2D eigenvalue weighted by Crippen LogP contribution is -2.59. The highest BCUT2D eigenvalue weighted by Crippen LogP contribution is 2.27. The first-order chi connectivity index (χ1) is 8.69. The molecule has 1 fully saturated rings. The molecular weight excluding hydrogens is 224 g/mol. The molecule has 3 unspecified atom stereocenters. The standard InChI is InChI=1S/C15H28N2O/c1-4-7-13(6-3)17-15(12-16)9-10-18-14(11-15)8-5-2/h3,13-14,17H,4-5,7-12,16H2,1-2H3. The van der Waals surface area contributed by atoms with E-state index in [4.69, 9.17) is 16.9 Å². The van der Waals surface area contributed by atoms with E-state index in [1.807, 2.05) is 0 Å². The molecule has 0 spiro atoms. The van der Waals surface area contributed by atoms with Gasteiger partial charge in [0.15, 0.2) is 0 Å². The van der Waals surface area contributed by atoms with Crippen molar-refractivity contribution in [3.05, 3.63) is 0 Å². The fourth-order valence-electron chi connectivity index (χ4n) is 2.76. The number of nitrogens with two attached hydrogens (primary N) is 1. The van der Waals surface area contributed by atoms with Crippen molar-refractivity contribution in [2.24, 2.45) is 5.73 Å². The van der Waals surface area contributed by atoms with Gasteiger partial charge in [0.2, 0.25) is 0 Å². The van der Waals surface area contributed by atoms with Crippen molar-refractivity contribution in [1.82, 2.24) is 5.32 Å². The van der Waals surface area contributed by atoms with Gasteiger partial charge in [-0.2, -0.15) is 0 Å². The van der Waals surface area contributed by atoms with Crippen molar-refractivity contribution in [3.63, 3.8) is 0 Å². The zero-order valence-corrected chi connectivity index (χ0v) is 11.9. The summed E-state index contributed by atoms with van der Waals surface area (Å²) < 4.78 is 5.80. The van der Waals surface area contributed by atoms with Crippen molar-refractivity contribution < 1.29 is 4.74 Å². The van der Waals surface area contributed by atoms with Gasteiger partial charge in [-0.3, -0.25) is 5.32 Å². The summed E-state index contributed by atoms with van der Waals surface area (Å²) in [6.07, 6.45) is 12.2. The van der Waals surface area contributed by atoms with Crippen molar-refractivity contribution in [2.75, 3.05) is 13.2 Å². The molecule has 1 heterocycles. The average molecular weight is 252 g/mol. The van der Waals surface area contributed by atoms with E-state index in [-0.39, 0.29) is 11.6 Å². The highest BCUT2D eigenvalue weighted by Gasteiger charge is 2.36. The second kappa shape index (κ2) is 7.78. The molecule has 0 aromatic carbocycles. The lowest BCUT2D eigenvalue weighted by atomic mass is 9.84. The van der Waals surface area contributed by atoms with E-state index in [2.05, 4.69) is 25.1 Å². The lowest BCUT2D eigenvalue weighted by Gasteiger charge is -2.42. The van der Waals surface area contributed by atoms with Gasteiger partial charge in [0.1, 0.15) is 0 Å². The fourth-order valence-corrected chi connectivity index (χ4v) is 2.76. The molecular formula is C15H28N2O. The fraction of sp³-hybridized carbons (Fsp3) is 0.867. The van der Waals surface area contributed by atoms with Gasteiger partial charge in [0.25, 0.3) is 0 Å². The minimum Gasteiger partial charge on any atom is -0.378 e. The van der Waals surface area contributed by atoms with Gasteiger partial charge >= 0.3 is 0 Å². The molecule has 1 rings (SSSR count). The molecule has 0 amide bonds. The van der Waals surface area contributed by atoms with Crippen molar-refractivity contribution in [2.45, 2.75) is 70.1 Å². The van der Waals surface area contributed by atoms with Crippen LogP contribution in [0.5, 0.6) is 0 Å². The van der Waals surface area contributed by atoms with Crippen LogP contribution in [-0.2, 0) is 4.74 Å². The highest BCUT2D eigenvalue weighted by molar-refractivity contribution is 5.05. The van der Waals surface area contributed by atoms with Gasteiger partial charge in [-0.25, -0.2) is 0 Å². The second-order valence-corrected chi connectivity index (χ2v) is 5.37. The van der Waals surface area contributed by atoms with E-state index in [0.29, 0.717) is 12.6 Å². The largest absolute Gasteiger partial charge is 0.378 e. The number of nitrogens with one attached hydrogen (secondary N) is 1. The van der Waals surface area contributed by atoms with Crippen LogP contribution in [0.15, 0.2) is 0 Å². The number of hydrogen-bond acceptors (Lipinski definition) is 3. The normalized spacial score (nSPS) is 29.8. The number of rotatable bonds is 7. The van der Waals surface area contributed by atoms with E-state index >= 15 is 0 Å². The molecule has 1 aliphatic rings. The van der Waals surface area contributed by atoms with Crippen LogP contribution in [0.25, 0.3) is 0 Å². The van der Waals surface area contributed by atoms with Crippen LogP contribution in [-0.4, -0.2) is 30.8 Å². The number of ether oxygens (including phenoxy) is 1. The molecule has 18 heavy (non-hydrogen) atoms. The van der Waals surface area contributed by atoms with Crippen LogP contribution in [0.1, 0.15) is 52.4 Å². The van der Waals surface area contributed by atoms with E-state index in [1.165, 1.54) is 0 Å². The molecule has 0 saturated carbocycles. The Labute approximate surface area is 112 Å². The van der Waals surface area contributed by atoms with Crippen LogP contribution in [0.3, 0.4) is 0 Å². The maximum atomic E-state index is 6.01. The Hall–Kier alpha value is -0.560. The molecule has 3 atom stereocenters. The Morgan fingerprint density at radius 2 is 2.28 bits per heavy atom. The van der Waals surface area contributed by atoms with Crippen molar-refractivity contribution >= 4 is 0 Å². The first-order valence-electron chi connectivity index (χ1n) is 7.25. The molecule has 1 aliphatic heterocycles. The van der Waals surface area contributed by atoms with Crippen molar-refractivity contribution in [1.29, 1.82) is 0 Å². The minimum atomic E-state index is -0.0235. The van der Waals surface area contributed by atoms with Crippen LogP contribution in [0.4, 0.5) is 0 Å². The molecule has 3 N–H and O–H groups in total. The van der Waals surface area contributed by atoms with Gasteiger partial charge in [-0.05, 0) is 25.7 Å². The molecule has 0 aromatic heterocycles. The summed E-state index contributed by atoms with van der Waals surface area (Å²) in [6.45, 7) is 5.78. The molecule has 0 aromatic rings. The summed E-state index contributed by atoms with van der Waals surface area (Å²) in [6, 6.07) is 0.138. The van der Waals surface area contributed by atoms with Crippen molar-refractivity contribution in [3.8, 4) is 12.3 Å². The second-order valence-electron chi connectivity index (χ2n) is 5.37. The maximum absolute atomic E-state index is 6.01. The summed E-state index contributed by atoms with van der Waals surface area (Å²) in [5, 5.41) is 3.62. The Kier molecular flexibility index (Phi) is 6.70. The van der Waals surface area contributed by atoms with E-state index in [1.54, 1.807) is 0 Å². The minimum absolute atomic E-state index is 0.0235. The maximum Gasteiger partial charge on any atom is 0.0691 e. The number of terminal acetylenes is 1. The topological polar surface area (TPSA) is 47.3 Å². The molecule has 0 aliphatic carbocycles. The van der Waals surface area contributed by atoms with Crippen LogP contribution >= 0.6 is 0 Å². The van der Waals surface area contributed by atoms with Gasteiger partial charge in [-0.1, -0.05) is 32.6 Å². The predicted octanol–water partition coefficient (Wildman–Crippen LogP) is 2.05. The van der Waals surface area contributed by atoms with Gasteiger partial charge in [-0.15, -0.1) is 6.42 Å². The zero-order valence-electron chi connectivity index (χ0n) is 11.9. The molecule has 104 valence electrons. The Bertz CT molecular complexity index is 272. The third-order valence-electron chi connectivity index (χ3n) is 3.81. The first kappa shape index (κ1) is 15.5. The zero-order chi connectivity index (χ0) is 13.4. The van der Waals surface area contributed by atoms with Gasteiger partial charge < -0.3 is 10.5 Å². The summed E-state index contributed by atoms with van der Waals surface area (Å²) in [5.41, 5.74) is 5.99. The van der Waals surface area contributed by atoms with Gasteiger partial charge in [0, 0.05) is 18.7 Å². The first-order valence-corrected chi connectivity index (χ1v) is 7.25. The van der Waals surface area contributed by atoms with E-state index in [0.717, 1.165) is 45.1 Å². The Morgan fingerprint density at radius 3 is 2.83 bits per heavy atom. The quantitative estimate of drug-likeness (QED) is 0.682. The third-order valence-corrected chi connectivity index (χ3v) is 3.81. The smallest absolute Gasteiger partial charge is 0.0691 e. The van der Waals surface area contributed by atoms with E-state index < -0.39 is 0 Å². The Balaban J connectivity index is 2.63. The molecule has 3 heteroatoms. The molecule has 0 radical (unpaired) electrons. The molecule has 3 nitrogen and oxygen atoms in total. The van der Waals surface area contributed by atoms with Gasteiger partial charge in [0.05, 0.1) is 12.1 Å². The summed E-state index contributed by atoms with van der Waals surface area (Å²) in [4.78, 5) is 0. The lowest BCUT2D eigenvalue weighted by molar-refractivity contribution is -0.0322. The van der Waals surface area contributed by atoms with Crippen LogP contribution in [0, 0.1) is 12.3 Å². The summed E-state index contributed by atoms with van der Waals surface area (Å²) in [7, 11) is 0. The third kappa shape index (κ3) is 4.28.